The highest BCUT2D eigenvalue weighted by Crippen LogP contribution is 2.11. The minimum Gasteiger partial charge on any atom is -0.377 e. The molecule has 2 aliphatic heterocycles. The molecule has 8 nitrogen and oxygen atoms in total. The molecule has 0 aromatic heterocycles. The van der Waals surface area contributed by atoms with Crippen molar-refractivity contribution in [3.05, 3.63) is 0 Å². The Labute approximate surface area is 137 Å². The monoisotopic (exact) mass is 349 g/mol. The summed E-state index contributed by atoms with van der Waals surface area (Å²) in [6.45, 7) is 4.07. The van der Waals surface area contributed by atoms with Crippen molar-refractivity contribution in [2.75, 3.05) is 38.6 Å². The van der Waals surface area contributed by atoms with Crippen molar-refractivity contribution in [1.29, 1.82) is 0 Å². The van der Waals surface area contributed by atoms with Crippen molar-refractivity contribution >= 4 is 15.9 Å². The van der Waals surface area contributed by atoms with Gasteiger partial charge in [0.15, 0.2) is 0 Å². The van der Waals surface area contributed by atoms with Gasteiger partial charge in [-0.2, -0.15) is 0 Å². The van der Waals surface area contributed by atoms with Crippen molar-refractivity contribution in [3.63, 3.8) is 0 Å². The van der Waals surface area contributed by atoms with Crippen molar-refractivity contribution in [1.82, 2.24) is 15.4 Å². The molecule has 2 fully saturated rings. The fraction of sp³-hybridized carbons (Fsp3) is 0.929. The Morgan fingerprint density at radius 1 is 1.26 bits per heavy atom. The third kappa shape index (κ3) is 6.34. The first kappa shape index (κ1) is 18.6. The topological polar surface area (TPSA) is 106 Å². The Bertz CT molecular complexity index is 479. The van der Waals surface area contributed by atoms with Crippen LogP contribution in [-0.4, -0.2) is 71.2 Å². The first-order chi connectivity index (χ1) is 11.0. The summed E-state index contributed by atoms with van der Waals surface area (Å²) < 4.78 is 37.3. The molecular weight excluding hydrogens is 322 g/mol. The maximum absolute atomic E-state index is 12.0. The van der Waals surface area contributed by atoms with E-state index in [1.54, 1.807) is 0 Å². The summed E-state index contributed by atoms with van der Waals surface area (Å²) in [5.74, 6) is -0.379. The van der Waals surface area contributed by atoms with Gasteiger partial charge in [-0.05, 0) is 26.2 Å². The van der Waals surface area contributed by atoms with Crippen LogP contribution in [0.15, 0.2) is 0 Å². The van der Waals surface area contributed by atoms with Gasteiger partial charge in [0, 0.05) is 26.2 Å². The van der Waals surface area contributed by atoms with Crippen LogP contribution < -0.4 is 15.4 Å². The molecule has 23 heavy (non-hydrogen) atoms. The van der Waals surface area contributed by atoms with Crippen LogP contribution in [0.1, 0.15) is 26.2 Å². The largest absolute Gasteiger partial charge is 0.377 e. The van der Waals surface area contributed by atoms with E-state index in [1.807, 2.05) is 6.92 Å². The van der Waals surface area contributed by atoms with Crippen molar-refractivity contribution in [3.8, 4) is 0 Å². The molecule has 0 saturated carbocycles. The second kappa shape index (κ2) is 8.93. The van der Waals surface area contributed by atoms with Gasteiger partial charge < -0.3 is 20.1 Å². The molecule has 2 heterocycles. The summed E-state index contributed by atoms with van der Waals surface area (Å²) in [4.78, 5) is 12.0. The number of hydrogen-bond donors (Lipinski definition) is 3. The highest BCUT2D eigenvalue weighted by Gasteiger charge is 2.28. The summed E-state index contributed by atoms with van der Waals surface area (Å²) in [5, 5.41) is 5.71. The fourth-order valence-electron chi connectivity index (χ4n) is 2.71. The molecular formula is C14H27N3O5S. The van der Waals surface area contributed by atoms with Gasteiger partial charge in [-0.1, -0.05) is 0 Å². The fourth-order valence-corrected chi connectivity index (χ4v) is 3.66. The molecule has 2 aliphatic rings. The van der Waals surface area contributed by atoms with Gasteiger partial charge in [0.25, 0.3) is 0 Å². The Hall–Kier alpha value is -0.740. The number of carbonyl (C=O) groups is 1. The third-order valence-corrected chi connectivity index (χ3v) is 5.42. The quantitative estimate of drug-likeness (QED) is 0.543. The zero-order chi connectivity index (χ0) is 16.7. The molecule has 0 aliphatic carbocycles. The lowest BCUT2D eigenvalue weighted by Crippen LogP contribution is -2.56. The van der Waals surface area contributed by atoms with E-state index in [0.717, 1.165) is 19.3 Å². The third-order valence-electron chi connectivity index (χ3n) is 4.07. The zero-order valence-electron chi connectivity index (χ0n) is 13.5. The molecule has 1 unspecified atom stereocenters. The molecule has 3 atom stereocenters. The maximum Gasteiger partial charge on any atom is 0.239 e. The zero-order valence-corrected chi connectivity index (χ0v) is 14.4. The van der Waals surface area contributed by atoms with Crippen molar-refractivity contribution in [2.24, 2.45) is 0 Å². The standard InChI is InChI=1S/C14H27N3O5S/c1-11-13(15-5-8-21-11)14(18)16-6-9-23(19,20)17-10-12-4-2-3-7-22-12/h11-13,15,17H,2-10H2,1H3,(H,16,18)/t11-,12?,13+/m1/s1. The van der Waals surface area contributed by atoms with Gasteiger partial charge >= 0.3 is 0 Å². The van der Waals surface area contributed by atoms with Crippen LogP contribution in [0.25, 0.3) is 0 Å². The Kier molecular flexibility index (Phi) is 7.22. The molecule has 9 heteroatoms. The molecule has 0 spiro atoms. The lowest BCUT2D eigenvalue weighted by molar-refractivity contribution is -0.128. The molecule has 2 saturated heterocycles. The van der Waals surface area contributed by atoms with Gasteiger partial charge in [0.05, 0.1) is 24.6 Å². The lowest BCUT2D eigenvalue weighted by atomic mass is 10.1. The van der Waals surface area contributed by atoms with E-state index in [4.69, 9.17) is 9.47 Å². The summed E-state index contributed by atoms with van der Waals surface area (Å²) in [7, 11) is -3.42. The summed E-state index contributed by atoms with van der Waals surface area (Å²) in [5.41, 5.74) is 0. The molecule has 0 radical (unpaired) electrons. The Morgan fingerprint density at radius 2 is 2.09 bits per heavy atom. The van der Waals surface area contributed by atoms with Gasteiger partial charge in [-0.25, -0.2) is 13.1 Å². The number of nitrogens with one attached hydrogen (secondary N) is 3. The normalized spacial score (nSPS) is 29.2. The van der Waals surface area contributed by atoms with Crippen molar-refractivity contribution < 1.29 is 22.7 Å². The number of sulfonamides is 1. The summed E-state index contributed by atoms with van der Waals surface area (Å²) in [6.07, 6.45) is 2.72. The number of carbonyl (C=O) groups excluding carboxylic acids is 1. The summed E-state index contributed by atoms with van der Waals surface area (Å²) in [6, 6.07) is -0.435. The molecule has 3 N–H and O–H groups in total. The van der Waals surface area contributed by atoms with Crippen molar-refractivity contribution in [2.45, 2.75) is 44.4 Å². The van der Waals surface area contributed by atoms with Gasteiger partial charge in [-0.3, -0.25) is 4.79 Å². The average molecular weight is 349 g/mol. The molecule has 0 bridgehead atoms. The molecule has 0 aromatic rings. The average Bonchev–Trinajstić information content (AvgIpc) is 2.54. The Balaban J connectivity index is 1.66. The van der Waals surface area contributed by atoms with Crippen LogP contribution in [0, 0.1) is 0 Å². The first-order valence-corrected chi connectivity index (χ1v) is 9.85. The molecule has 1 amide bonds. The Morgan fingerprint density at radius 3 is 2.78 bits per heavy atom. The second-order valence-electron chi connectivity index (χ2n) is 5.95. The highest BCUT2D eigenvalue weighted by atomic mass is 32.2. The van der Waals surface area contributed by atoms with E-state index in [1.165, 1.54) is 0 Å². The first-order valence-electron chi connectivity index (χ1n) is 8.19. The minimum absolute atomic E-state index is 0.0439. The number of morpholine rings is 1. The maximum atomic E-state index is 12.0. The molecule has 2 rings (SSSR count). The number of amides is 1. The van der Waals surface area contributed by atoms with Crippen LogP contribution in [0.3, 0.4) is 0 Å². The predicted molar refractivity (Wildman–Crippen MR) is 85.6 cm³/mol. The van der Waals surface area contributed by atoms with E-state index >= 15 is 0 Å². The van der Waals surface area contributed by atoms with Crippen LogP contribution >= 0.6 is 0 Å². The van der Waals surface area contributed by atoms with Gasteiger partial charge in [0.1, 0.15) is 6.04 Å². The number of hydrogen-bond acceptors (Lipinski definition) is 6. The molecule has 134 valence electrons. The SMILES string of the molecule is C[C@H]1OCCN[C@@H]1C(=O)NCCS(=O)(=O)NCC1CCCCO1. The van der Waals surface area contributed by atoms with Crippen LogP contribution in [0.5, 0.6) is 0 Å². The number of rotatable bonds is 7. The predicted octanol–water partition coefficient (Wildman–Crippen LogP) is -1.03. The minimum atomic E-state index is -3.42. The number of ether oxygens (including phenoxy) is 2. The highest BCUT2D eigenvalue weighted by molar-refractivity contribution is 7.89. The second-order valence-corrected chi connectivity index (χ2v) is 7.88. The van der Waals surface area contributed by atoms with Crippen LogP contribution in [0.2, 0.25) is 0 Å². The summed E-state index contributed by atoms with van der Waals surface area (Å²) >= 11 is 0. The van der Waals surface area contributed by atoms with Crippen LogP contribution in [0.4, 0.5) is 0 Å². The van der Waals surface area contributed by atoms with E-state index in [2.05, 4.69) is 15.4 Å². The lowest BCUT2D eigenvalue weighted by Gasteiger charge is -2.29. The van der Waals surface area contributed by atoms with E-state index in [9.17, 15) is 13.2 Å². The smallest absolute Gasteiger partial charge is 0.239 e. The van der Waals surface area contributed by atoms with E-state index in [0.29, 0.717) is 26.3 Å². The van der Waals surface area contributed by atoms with Crippen LogP contribution in [-0.2, 0) is 24.3 Å². The van der Waals surface area contributed by atoms with Gasteiger partial charge in [0.2, 0.25) is 15.9 Å². The van der Waals surface area contributed by atoms with Gasteiger partial charge in [-0.15, -0.1) is 0 Å². The van der Waals surface area contributed by atoms with E-state index < -0.39 is 16.1 Å². The molecule has 0 aromatic carbocycles. The van der Waals surface area contributed by atoms with E-state index in [-0.39, 0.29) is 30.4 Å².